The van der Waals surface area contributed by atoms with Gasteiger partial charge in [0, 0.05) is 15.7 Å². The highest BCUT2D eigenvalue weighted by molar-refractivity contribution is 7.80. The fraction of sp³-hybridized carbons (Fsp3) is 0.125. The molecule has 0 heterocycles. The molecule has 3 rings (SSSR count). The molecule has 0 aliphatic carbocycles. The van der Waals surface area contributed by atoms with Gasteiger partial charge in [0.05, 0.1) is 29.3 Å². The molecule has 0 atom stereocenters. The molecule has 9 heteroatoms. The molecule has 3 aromatic rings. The van der Waals surface area contributed by atoms with Crippen LogP contribution in [-0.4, -0.2) is 23.6 Å². The Morgan fingerprint density at radius 1 is 0.970 bits per heavy atom. The lowest BCUT2D eigenvalue weighted by molar-refractivity contribution is 0.0526. The predicted octanol–water partition coefficient (Wildman–Crippen LogP) is 6.55. The molecule has 0 aliphatic rings. The summed E-state index contributed by atoms with van der Waals surface area (Å²) in [6, 6.07) is 18.5. The van der Waals surface area contributed by atoms with Crippen molar-refractivity contribution in [1.82, 2.24) is 5.32 Å². The molecule has 1 amide bonds. The van der Waals surface area contributed by atoms with Gasteiger partial charge in [-0.2, -0.15) is 0 Å². The number of rotatable bonds is 6. The van der Waals surface area contributed by atoms with E-state index in [1.807, 2.05) is 0 Å². The Hall–Kier alpha value is -2.64. The zero-order valence-electron chi connectivity index (χ0n) is 17.5. The Labute approximate surface area is 212 Å². The topological polar surface area (TPSA) is 58.6 Å². The highest BCUT2D eigenvalue weighted by Gasteiger charge is 2.19. The quantitative estimate of drug-likeness (QED) is 0.295. The number of benzene rings is 3. The van der Waals surface area contributed by atoms with Crippen molar-refractivity contribution in [3.8, 4) is 0 Å². The van der Waals surface area contributed by atoms with Gasteiger partial charge in [-0.25, -0.2) is 4.79 Å². The highest BCUT2D eigenvalue weighted by Crippen LogP contribution is 2.26. The average Bonchev–Trinajstić information content (AvgIpc) is 2.79. The van der Waals surface area contributed by atoms with Crippen LogP contribution >= 0.6 is 47.0 Å². The number of nitrogens with one attached hydrogen (secondary N) is 1. The lowest BCUT2D eigenvalue weighted by Gasteiger charge is -2.26. The number of halogens is 3. The Bertz CT molecular complexity index is 1190. The SMILES string of the molecule is CCOC(=O)c1ccc(N(Cc2ccc(Cl)cc2Cl)C(=S)NC(=O)c2ccccc2Cl)cc1. The number of ether oxygens (including phenoxy) is 1. The van der Waals surface area contributed by atoms with Gasteiger partial charge < -0.3 is 9.64 Å². The van der Waals surface area contributed by atoms with Crippen LogP contribution in [-0.2, 0) is 11.3 Å². The summed E-state index contributed by atoms with van der Waals surface area (Å²) in [7, 11) is 0. The standard InChI is InChI=1S/C24H19Cl3N2O3S/c1-2-32-23(31)15-8-11-18(12-9-15)29(14-16-7-10-17(25)13-21(16)27)24(33)28-22(30)19-5-3-4-6-20(19)26/h3-13H,2,14H2,1H3,(H,28,30,33). The number of amides is 1. The molecule has 0 saturated carbocycles. The smallest absolute Gasteiger partial charge is 0.338 e. The van der Waals surface area contributed by atoms with E-state index < -0.39 is 11.9 Å². The van der Waals surface area contributed by atoms with E-state index >= 15 is 0 Å². The van der Waals surface area contributed by atoms with E-state index in [4.69, 9.17) is 51.8 Å². The zero-order chi connectivity index (χ0) is 24.0. The normalized spacial score (nSPS) is 10.4. The molecule has 0 unspecified atom stereocenters. The fourth-order valence-electron chi connectivity index (χ4n) is 2.97. The second kappa shape index (κ2) is 11.5. The van der Waals surface area contributed by atoms with Crippen LogP contribution in [0.25, 0.3) is 0 Å². The third-order valence-corrected chi connectivity index (χ3v) is 5.86. The predicted molar refractivity (Wildman–Crippen MR) is 137 cm³/mol. The van der Waals surface area contributed by atoms with Gasteiger partial charge in [0.25, 0.3) is 5.91 Å². The van der Waals surface area contributed by atoms with Gasteiger partial charge in [-0.3, -0.25) is 10.1 Å². The van der Waals surface area contributed by atoms with E-state index in [2.05, 4.69) is 5.32 Å². The lowest BCUT2D eigenvalue weighted by atomic mass is 10.1. The van der Waals surface area contributed by atoms with Crippen molar-refractivity contribution in [1.29, 1.82) is 0 Å². The van der Waals surface area contributed by atoms with Crippen molar-refractivity contribution < 1.29 is 14.3 Å². The molecule has 3 aromatic carbocycles. The summed E-state index contributed by atoms with van der Waals surface area (Å²) in [6.45, 7) is 2.26. The first-order chi connectivity index (χ1) is 15.8. The van der Waals surface area contributed by atoms with Gasteiger partial charge in [-0.1, -0.05) is 53.0 Å². The van der Waals surface area contributed by atoms with E-state index in [1.165, 1.54) is 0 Å². The molecule has 0 fully saturated rings. The number of esters is 1. The van der Waals surface area contributed by atoms with Crippen LogP contribution in [0.3, 0.4) is 0 Å². The maximum absolute atomic E-state index is 12.8. The van der Waals surface area contributed by atoms with Gasteiger partial charge in [0.2, 0.25) is 0 Å². The van der Waals surface area contributed by atoms with Gasteiger partial charge >= 0.3 is 5.97 Å². The van der Waals surface area contributed by atoms with Gasteiger partial charge in [0.15, 0.2) is 5.11 Å². The van der Waals surface area contributed by atoms with Crippen LogP contribution in [0, 0.1) is 0 Å². The highest BCUT2D eigenvalue weighted by atomic mass is 35.5. The molecule has 33 heavy (non-hydrogen) atoms. The number of carbonyl (C=O) groups is 2. The van der Waals surface area contributed by atoms with Crippen molar-refractivity contribution in [3.63, 3.8) is 0 Å². The van der Waals surface area contributed by atoms with Crippen molar-refractivity contribution in [2.24, 2.45) is 0 Å². The van der Waals surface area contributed by atoms with E-state index in [9.17, 15) is 9.59 Å². The van der Waals surface area contributed by atoms with Crippen molar-refractivity contribution in [3.05, 3.63) is 98.5 Å². The van der Waals surface area contributed by atoms with Crippen molar-refractivity contribution in [2.75, 3.05) is 11.5 Å². The summed E-state index contributed by atoms with van der Waals surface area (Å²) in [5.41, 5.74) is 2.07. The van der Waals surface area contributed by atoms with Crippen LogP contribution in [0.4, 0.5) is 5.69 Å². The van der Waals surface area contributed by atoms with Crippen molar-refractivity contribution >= 4 is 69.7 Å². The van der Waals surface area contributed by atoms with E-state index in [0.717, 1.165) is 5.56 Å². The molecule has 0 aliphatic heterocycles. The minimum atomic E-state index is -0.444. The number of hydrogen-bond acceptors (Lipinski definition) is 4. The number of hydrogen-bond donors (Lipinski definition) is 1. The molecular weight excluding hydrogens is 503 g/mol. The summed E-state index contributed by atoms with van der Waals surface area (Å²) < 4.78 is 5.03. The minimum absolute atomic E-state index is 0.134. The van der Waals surface area contributed by atoms with Gasteiger partial charge in [0.1, 0.15) is 0 Å². The third-order valence-electron chi connectivity index (χ3n) is 4.62. The maximum atomic E-state index is 12.8. The summed E-state index contributed by atoms with van der Waals surface area (Å²) in [6.07, 6.45) is 0. The molecule has 0 bridgehead atoms. The summed E-state index contributed by atoms with van der Waals surface area (Å²) in [4.78, 5) is 26.5. The first-order valence-electron chi connectivity index (χ1n) is 9.88. The van der Waals surface area contributed by atoms with Crippen LogP contribution in [0.2, 0.25) is 15.1 Å². The van der Waals surface area contributed by atoms with Gasteiger partial charge in [-0.15, -0.1) is 0 Å². The first kappa shape index (κ1) is 25.0. The Morgan fingerprint density at radius 2 is 1.67 bits per heavy atom. The minimum Gasteiger partial charge on any atom is -0.462 e. The first-order valence-corrected chi connectivity index (χ1v) is 11.4. The number of nitrogens with zero attached hydrogens (tertiary/aromatic N) is 1. The Balaban J connectivity index is 1.91. The molecule has 5 nitrogen and oxygen atoms in total. The van der Waals surface area contributed by atoms with E-state index in [0.29, 0.717) is 31.9 Å². The lowest BCUT2D eigenvalue weighted by Crippen LogP contribution is -2.42. The number of carbonyl (C=O) groups excluding carboxylic acids is 2. The Kier molecular flexibility index (Phi) is 8.69. The summed E-state index contributed by atoms with van der Waals surface area (Å²) >= 11 is 24.1. The molecule has 0 spiro atoms. The van der Waals surface area contributed by atoms with Crippen LogP contribution in [0.5, 0.6) is 0 Å². The molecule has 170 valence electrons. The molecule has 0 radical (unpaired) electrons. The van der Waals surface area contributed by atoms with E-state index in [1.54, 1.807) is 78.6 Å². The second-order valence-electron chi connectivity index (χ2n) is 6.83. The van der Waals surface area contributed by atoms with Crippen LogP contribution in [0.1, 0.15) is 33.2 Å². The fourth-order valence-corrected chi connectivity index (χ4v) is 3.92. The molecule has 0 aromatic heterocycles. The average molecular weight is 522 g/mol. The van der Waals surface area contributed by atoms with Crippen LogP contribution in [0.15, 0.2) is 66.7 Å². The maximum Gasteiger partial charge on any atom is 0.338 e. The third kappa shape index (κ3) is 6.45. The number of anilines is 1. The second-order valence-corrected chi connectivity index (χ2v) is 8.47. The van der Waals surface area contributed by atoms with Gasteiger partial charge in [-0.05, 0) is 73.2 Å². The molecule has 1 N–H and O–H groups in total. The van der Waals surface area contributed by atoms with Crippen LogP contribution < -0.4 is 10.2 Å². The zero-order valence-corrected chi connectivity index (χ0v) is 20.6. The summed E-state index contributed by atoms with van der Waals surface area (Å²) in [5, 5.41) is 4.12. The van der Waals surface area contributed by atoms with E-state index in [-0.39, 0.29) is 18.3 Å². The largest absolute Gasteiger partial charge is 0.462 e. The molecular formula is C24H19Cl3N2O3S. The summed E-state index contributed by atoms with van der Waals surface area (Å²) in [5.74, 6) is -0.869. The number of thiocarbonyl (C=S) groups is 1. The molecule has 0 saturated heterocycles. The monoisotopic (exact) mass is 520 g/mol. The van der Waals surface area contributed by atoms with Crippen molar-refractivity contribution in [2.45, 2.75) is 13.5 Å². The Morgan fingerprint density at radius 3 is 2.30 bits per heavy atom.